The van der Waals surface area contributed by atoms with E-state index in [4.69, 9.17) is 11.6 Å². The minimum absolute atomic E-state index is 0.217. The minimum atomic E-state index is -0.217. The Bertz CT molecular complexity index is 299. The van der Waals surface area contributed by atoms with Crippen molar-refractivity contribution in [2.75, 3.05) is 13.6 Å². The molecule has 0 radical (unpaired) electrons. The summed E-state index contributed by atoms with van der Waals surface area (Å²) in [6, 6.07) is 3.16. The smallest absolute Gasteiger partial charge is 0.127 e. The summed E-state index contributed by atoms with van der Waals surface area (Å²) in [7, 11) is 1.83. The van der Waals surface area contributed by atoms with Gasteiger partial charge >= 0.3 is 0 Å². The number of aryl methyl sites for hydroxylation is 1. The van der Waals surface area contributed by atoms with Crippen LogP contribution in [0.15, 0.2) is 12.1 Å². The monoisotopic (exact) mass is 201 g/mol. The van der Waals surface area contributed by atoms with Crippen molar-refractivity contribution in [3.8, 4) is 0 Å². The van der Waals surface area contributed by atoms with E-state index in [2.05, 4.69) is 5.32 Å². The lowest BCUT2D eigenvalue weighted by molar-refractivity contribution is 0.604. The molecule has 13 heavy (non-hydrogen) atoms. The molecule has 3 heteroatoms. The van der Waals surface area contributed by atoms with E-state index in [1.165, 1.54) is 6.07 Å². The molecule has 72 valence electrons. The van der Waals surface area contributed by atoms with Crippen LogP contribution in [0.3, 0.4) is 0 Å². The molecule has 0 heterocycles. The summed E-state index contributed by atoms with van der Waals surface area (Å²) in [4.78, 5) is 0. The van der Waals surface area contributed by atoms with Crippen molar-refractivity contribution in [2.24, 2.45) is 0 Å². The number of hydrogen-bond acceptors (Lipinski definition) is 1. The number of rotatable bonds is 3. The predicted octanol–water partition coefficient (Wildman–Crippen LogP) is 2.55. The highest BCUT2D eigenvalue weighted by atomic mass is 35.5. The molecule has 1 rings (SSSR count). The summed E-state index contributed by atoms with van der Waals surface area (Å²) in [6.45, 7) is 2.62. The highest BCUT2D eigenvalue weighted by molar-refractivity contribution is 6.32. The molecule has 0 fully saturated rings. The van der Waals surface area contributed by atoms with Crippen molar-refractivity contribution < 1.29 is 4.39 Å². The second-order valence-electron chi connectivity index (χ2n) is 3.01. The van der Waals surface area contributed by atoms with Crippen LogP contribution in [0, 0.1) is 12.7 Å². The SMILES string of the molecule is CNCCc1c(F)ccc(C)c1Cl. The molecule has 0 amide bonds. The summed E-state index contributed by atoms with van der Waals surface area (Å²) in [5, 5.41) is 3.52. The van der Waals surface area contributed by atoms with Gasteiger partial charge in [-0.1, -0.05) is 17.7 Å². The Balaban J connectivity index is 2.96. The van der Waals surface area contributed by atoms with Crippen LogP contribution < -0.4 is 5.32 Å². The molecule has 0 unspecified atom stereocenters. The van der Waals surface area contributed by atoms with E-state index >= 15 is 0 Å². The lowest BCUT2D eigenvalue weighted by Gasteiger charge is -2.07. The molecule has 0 saturated heterocycles. The van der Waals surface area contributed by atoms with E-state index < -0.39 is 0 Å². The van der Waals surface area contributed by atoms with Gasteiger partial charge in [0.05, 0.1) is 0 Å². The molecule has 0 saturated carbocycles. The van der Waals surface area contributed by atoms with Crippen LogP contribution in [0.25, 0.3) is 0 Å². The summed E-state index contributed by atoms with van der Waals surface area (Å²) >= 11 is 5.97. The van der Waals surface area contributed by atoms with E-state index in [-0.39, 0.29) is 5.82 Å². The van der Waals surface area contributed by atoms with Gasteiger partial charge in [0, 0.05) is 10.6 Å². The summed E-state index contributed by atoms with van der Waals surface area (Å²) in [5.74, 6) is -0.217. The Hall–Kier alpha value is -0.600. The third kappa shape index (κ3) is 2.42. The molecule has 1 aromatic carbocycles. The zero-order valence-electron chi connectivity index (χ0n) is 7.82. The van der Waals surface area contributed by atoms with E-state index in [0.717, 1.165) is 12.1 Å². The van der Waals surface area contributed by atoms with Gasteiger partial charge in [-0.05, 0) is 38.6 Å². The van der Waals surface area contributed by atoms with Gasteiger partial charge in [0.2, 0.25) is 0 Å². The fourth-order valence-electron chi connectivity index (χ4n) is 1.19. The highest BCUT2D eigenvalue weighted by Crippen LogP contribution is 2.23. The van der Waals surface area contributed by atoms with Crippen LogP contribution in [0.5, 0.6) is 0 Å². The van der Waals surface area contributed by atoms with Gasteiger partial charge in [0.15, 0.2) is 0 Å². The van der Waals surface area contributed by atoms with Gasteiger partial charge < -0.3 is 5.32 Å². The van der Waals surface area contributed by atoms with Gasteiger partial charge in [-0.25, -0.2) is 4.39 Å². The van der Waals surface area contributed by atoms with Crippen molar-refractivity contribution >= 4 is 11.6 Å². The molecule has 0 bridgehead atoms. The van der Waals surface area contributed by atoms with Gasteiger partial charge in [0.25, 0.3) is 0 Å². The first-order chi connectivity index (χ1) is 6.16. The summed E-state index contributed by atoms with van der Waals surface area (Å²) in [5.41, 5.74) is 1.53. The average Bonchev–Trinajstić information content (AvgIpc) is 2.12. The molecular formula is C10H13ClFN. The fraction of sp³-hybridized carbons (Fsp3) is 0.400. The van der Waals surface area contributed by atoms with E-state index in [1.54, 1.807) is 6.07 Å². The Labute approximate surface area is 82.9 Å². The van der Waals surface area contributed by atoms with Crippen LogP contribution in [0.2, 0.25) is 5.02 Å². The largest absolute Gasteiger partial charge is 0.319 e. The van der Waals surface area contributed by atoms with Crippen LogP contribution in [-0.2, 0) is 6.42 Å². The first kappa shape index (κ1) is 10.5. The van der Waals surface area contributed by atoms with E-state index in [1.807, 2.05) is 14.0 Å². The number of nitrogens with one attached hydrogen (secondary N) is 1. The van der Waals surface area contributed by atoms with Gasteiger partial charge in [0.1, 0.15) is 5.82 Å². The Morgan fingerprint density at radius 2 is 2.15 bits per heavy atom. The Morgan fingerprint density at radius 3 is 2.77 bits per heavy atom. The zero-order valence-corrected chi connectivity index (χ0v) is 8.58. The predicted molar refractivity (Wildman–Crippen MR) is 53.8 cm³/mol. The number of benzene rings is 1. The lowest BCUT2D eigenvalue weighted by Crippen LogP contribution is -2.11. The van der Waals surface area contributed by atoms with Crippen molar-refractivity contribution in [1.82, 2.24) is 5.32 Å². The third-order valence-corrected chi connectivity index (χ3v) is 2.53. The van der Waals surface area contributed by atoms with E-state index in [0.29, 0.717) is 17.0 Å². The quantitative estimate of drug-likeness (QED) is 0.793. The zero-order chi connectivity index (χ0) is 9.84. The normalized spacial score (nSPS) is 10.5. The molecule has 1 aromatic rings. The number of hydrogen-bond donors (Lipinski definition) is 1. The molecule has 1 nitrogen and oxygen atoms in total. The second kappa shape index (κ2) is 4.58. The molecule has 0 aliphatic carbocycles. The summed E-state index contributed by atoms with van der Waals surface area (Å²) in [6.07, 6.45) is 0.628. The fourth-order valence-corrected chi connectivity index (χ4v) is 1.44. The maximum absolute atomic E-state index is 13.2. The first-order valence-electron chi connectivity index (χ1n) is 4.25. The summed E-state index contributed by atoms with van der Waals surface area (Å²) < 4.78 is 13.2. The van der Waals surface area contributed by atoms with Gasteiger partial charge in [-0.2, -0.15) is 0 Å². The molecular weight excluding hydrogens is 189 g/mol. The van der Waals surface area contributed by atoms with Gasteiger partial charge in [-0.15, -0.1) is 0 Å². The standard InChI is InChI=1S/C10H13ClFN/c1-7-3-4-9(12)8(10(7)11)5-6-13-2/h3-4,13H,5-6H2,1-2H3. The lowest BCUT2D eigenvalue weighted by atomic mass is 10.1. The van der Waals surface area contributed by atoms with Crippen LogP contribution in [0.1, 0.15) is 11.1 Å². The van der Waals surface area contributed by atoms with Crippen LogP contribution in [0.4, 0.5) is 4.39 Å². The van der Waals surface area contributed by atoms with Crippen LogP contribution >= 0.6 is 11.6 Å². The average molecular weight is 202 g/mol. The Morgan fingerprint density at radius 1 is 1.46 bits per heavy atom. The Kier molecular flexibility index (Phi) is 3.70. The minimum Gasteiger partial charge on any atom is -0.319 e. The number of likely N-dealkylation sites (N-methyl/N-ethyl adjacent to an activating group) is 1. The third-order valence-electron chi connectivity index (χ3n) is 2.00. The molecule has 0 aliphatic rings. The van der Waals surface area contributed by atoms with E-state index in [9.17, 15) is 4.39 Å². The van der Waals surface area contributed by atoms with Crippen molar-refractivity contribution in [2.45, 2.75) is 13.3 Å². The van der Waals surface area contributed by atoms with Gasteiger partial charge in [-0.3, -0.25) is 0 Å². The second-order valence-corrected chi connectivity index (χ2v) is 3.39. The first-order valence-corrected chi connectivity index (χ1v) is 4.62. The molecule has 0 spiro atoms. The molecule has 0 aliphatic heterocycles. The molecule has 1 N–H and O–H groups in total. The van der Waals surface area contributed by atoms with Crippen LogP contribution in [-0.4, -0.2) is 13.6 Å². The topological polar surface area (TPSA) is 12.0 Å². The maximum atomic E-state index is 13.2. The van der Waals surface area contributed by atoms with Crippen molar-refractivity contribution in [3.63, 3.8) is 0 Å². The highest BCUT2D eigenvalue weighted by Gasteiger charge is 2.08. The molecule has 0 aromatic heterocycles. The number of halogens is 2. The van der Waals surface area contributed by atoms with Crippen molar-refractivity contribution in [3.05, 3.63) is 34.1 Å². The van der Waals surface area contributed by atoms with Crippen molar-refractivity contribution in [1.29, 1.82) is 0 Å². The maximum Gasteiger partial charge on any atom is 0.127 e. The molecule has 0 atom stereocenters.